The quantitative estimate of drug-likeness (QED) is 0.632. The standard InChI is InChI=1S/C28H35N3O2/c1-21(2)19-30-27(33)28(14-17-31(20-28)26(32)23-8-4-3-5-9-23)18-24-10-6-7-11-25(24)22-12-15-29-16-13-22/h3-4,6-7,10-13,15-16,21,23H,5,8-9,14,17-20H2,1-2H3,(H,30,33)/t23-,28-/m1/s1. The predicted octanol–water partition coefficient (Wildman–Crippen LogP) is 4.64. The van der Waals surface area contributed by atoms with Gasteiger partial charge in [0.05, 0.1) is 5.41 Å². The number of hydrogen-bond donors (Lipinski definition) is 1. The highest BCUT2D eigenvalue weighted by Gasteiger charge is 2.47. The van der Waals surface area contributed by atoms with Crippen molar-refractivity contribution >= 4 is 11.8 Å². The number of likely N-dealkylation sites (tertiary alicyclic amines) is 1. The van der Waals surface area contributed by atoms with Crippen LogP contribution in [0.3, 0.4) is 0 Å². The van der Waals surface area contributed by atoms with E-state index < -0.39 is 5.41 Å². The van der Waals surface area contributed by atoms with Gasteiger partial charge in [-0.15, -0.1) is 0 Å². The average molecular weight is 446 g/mol. The number of nitrogens with one attached hydrogen (secondary N) is 1. The van der Waals surface area contributed by atoms with Crippen molar-refractivity contribution < 1.29 is 9.59 Å². The topological polar surface area (TPSA) is 62.3 Å². The number of nitrogens with zero attached hydrogens (tertiary/aromatic N) is 2. The molecule has 2 aliphatic rings. The molecule has 0 saturated carbocycles. The number of rotatable bonds is 7. The molecule has 1 aromatic heterocycles. The summed E-state index contributed by atoms with van der Waals surface area (Å²) in [6, 6.07) is 12.3. The summed E-state index contributed by atoms with van der Waals surface area (Å²) in [5, 5.41) is 3.19. The molecule has 4 rings (SSSR count). The van der Waals surface area contributed by atoms with Crippen LogP contribution in [0.4, 0.5) is 0 Å². The van der Waals surface area contributed by atoms with Gasteiger partial charge in [0.2, 0.25) is 11.8 Å². The number of hydrogen-bond acceptors (Lipinski definition) is 3. The lowest BCUT2D eigenvalue weighted by molar-refractivity contribution is -0.136. The van der Waals surface area contributed by atoms with E-state index in [0.717, 1.165) is 36.0 Å². The Morgan fingerprint density at radius 2 is 1.94 bits per heavy atom. The fourth-order valence-corrected chi connectivity index (χ4v) is 5.08. The van der Waals surface area contributed by atoms with Gasteiger partial charge in [-0.25, -0.2) is 0 Å². The minimum atomic E-state index is -0.613. The maximum atomic E-state index is 13.6. The molecule has 1 aliphatic carbocycles. The van der Waals surface area contributed by atoms with Gasteiger partial charge in [-0.1, -0.05) is 50.3 Å². The normalized spacial score (nSPS) is 22.5. The van der Waals surface area contributed by atoms with Crippen molar-refractivity contribution in [1.29, 1.82) is 0 Å². The minimum Gasteiger partial charge on any atom is -0.355 e. The highest BCUT2D eigenvalue weighted by atomic mass is 16.2. The van der Waals surface area contributed by atoms with Crippen molar-refractivity contribution in [2.24, 2.45) is 17.3 Å². The van der Waals surface area contributed by atoms with Crippen molar-refractivity contribution in [2.75, 3.05) is 19.6 Å². The van der Waals surface area contributed by atoms with E-state index in [-0.39, 0.29) is 17.7 Å². The molecule has 1 saturated heterocycles. The molecule has 0 spiro atoms. The van der Waals surface area contributed by atoms with E-state index in [2.05, 4.69) is 48.4 Å². The lowest BCUT2D eigenvalue weighted by Gasteiger charge is -2.31. The first-order valence-corrected chi connectivity index (χ1v) is 12.2. The van der Waals surface area contributed by atoms with Gasteiger partial charge < -0.3 is 10.2 Å². The zero-order valence-corrected chi connectivity index (χ0v) is 19.8. The van der Waals surface area contributed by atoms with Gasteiger partial charge in [-0.2, -0.15) is 0 Å². The number of pyridine rings is 1. The van der Waals surface area contributed by atoms with E-state index >= 15 is 0 Å². The Kier molecular flexibility index (Phi) is 7.26. The SMILES string of the molecule is CC(C)CNC(=O)[C@@]1(Cc2ccccc2-c2ccncc2)CCN(C(=O)[C@@H]2CC=CCC2)C1. The van der Waals surface area contributed by atoms with Crippen molar-refractivity contribution in [3.63, 3.8) is 0 Å². The van der Waals surface area contributed by atoms with Crippen molar-refractivity contribution in [1.82, 2.24) is 15.2 Å². The lowest BCUT2D eigenvalue weighted by Crippen LogP contribution is -2.46. The Hall–Kier alpha value is -2.95. The molecule has 1 aromatic carbocycles. The van der Waals surface area contributed by atoms with Gasteiger partial charge in [0, 0.05) is 37.9 Å². The molecule has 1 aliphatic heterocycles. The van der Waals surface area contributed by atoms with Crippen LogP contribution in [0.2, 0.25) is 0 Å². The van der Waals surface area contributed by atoms with Crippen LogP contribution in [0, 0.1) is 17.3 Å². The van der Waals surface area contributed by atoms with Gasteiger partial charge in [0.25, 0.3) is 0 Å². The molecular formula is C28H35N3O2. The summed E-state index contributed by atoms with van der Waals surface area (Å²) in [5.74, 6) is 0.705. The molecule has 2 aromatic rings. The van der Waals surface area contributed by atoms with E-state index in [1.807, 2.05) is 29.2 Å². The van der Waals surface area contributed by atoms with Crippen molar-refractivity contribution in [3.05, 3.63) is 66.5 Å². The van der Waals surface area contributed by atoms with Crippen LogP contribution in [0.5, 0.6) is 0 Å². The van der Waals surface area contributed by atoms with E-state index in [0.29, 0.717) is 38.4 Å². The van der Waals surface area contributed by atoms with Crippen molar-refractivity contribution in [3.8, 4) is 11.1 Å². The van der Waals surface area contributed by atoms with E-state index in [9.17, 15) is 9.59 Å². The second-order valence-electron chi connectivity index (χ2n) is 9.95. The van der Waals surface area contributed by atoms with E-state index in [1.165, 1.54) is 0 Å². The molecule has 33 heavy (non-hydrogen) atoms. The molecule has 174 valence electrons. The molecule has 0 unspecified atom stereocenters. The fraction of sp³-hybridized carbons (Fsp3) is 0.464. The molecule has 0 radical (unpaired) electrons. The highest BCUT2D eigenvalue weighted by molar-refractivity contribution is 5.87. The number of amides is 2. The monoisotopic (exact) mass is 445 g/mol. The van der Waals surface area contributed by atoms with Crippen LogP contribution >= 0.6 is 0 Å². The van der Waals surface area contributed by atoms with Gasteiger partial charge >= 0.3 is 0 Å². The minimum absolute atomic E-state index is 0.0497. The second-order valence-corrected chi connectivity index (χ2v) is 9.95. The van der Waals surface area contributed by atoms with E-state index in [1.54, 1.807) is 12.4 Å². The molecule has 5 nitrogen and oxygen atoms in total. The Balaban J connectivity index is 1.61. The first-order chi connectivity index (χ1) is 16.0. The fourth-order valence-electron chi connectivity index (χ4n) is 5.08. The molecule has 1 N–H and O–H groups in total. The summed E-state index contributed by atoms with van der Waals surface area (Å²) in [4.78, 5) is 33.0. The highest BCUT2D eigenvalue weighted by Crippen LogP contribution is 2.38. The molecular weight excluding hydrogens is 410 g/mol. The molecule has 2 atom stereocenters. The Morgan fingerprint density at radius 1 is 1.15 bits per heavy atom. The van der Waals surface area contributed by atoms with Crippen LogP contribution in [0.1, 0.15) is 45.1 Å². The number of benzene rings is 1. The lowest BCUT2D eigenvalue weighted by atomic mass is 9.78. The second kappa shape index (κ2) is 10.3. The molecule has 0 bridgehead atoms. The smallest absolute Gasteiger partial charge is 0.228 e. The first kappa shape index (κ1) is 23.2. The van der Waals surface area contributed by atoms with Crippen LogP contribution in [0.15, 0.2) is 60.9 Å². The summed E-state index contributed by atoms with van der Waals surface area (Å²) >= 11 is 0. The summed E-state index contributed by atoms with van der Waals surface area (Å²) < 4.78 is 0. The maximum absolute atomic E-state index is 13.6. The van der Waals surface area contributed by atoms with Crippen molar-refractivity contribution in [2.45, 2.75) is 46.0 Å². The number of carbonyl (C=O) groups is 2. The van der Waals surface area contributed by atoms with Crippen LogP contribution < -0.4 is 5.32 Å². The average Bonchev–Trinajstić information content (AvgIpc) is 3.28. The number of aromatic nitrogens is 1. The van der Waals surface area contributed by atoms with Gasteiger partial charge in [0.1, 0.15) is 0 Å². The Morgan fingerprint density at radius 3 is 2.67 bits per heavy atom. The summed E-state index contributed by atoms with van der Waals surface area (Å²) in [7, 11) is 0. The van der Waals surface area contributed by atoms with E-state index in [4.69, 9.17) is 0 Å². The largest absolute Gasteiger partial charge is 0.355 e. The molecule has 5 heteroatoms. The third-order valence-electron chi connectivity index (χ3n) is 6.97. The summed E-state index contributed by atoms with van der Waals surface area (Å²) in [5.41, 5.74) is 2.74. The van der Waals surface area contributed by atoms with Gasteiger partial charge in [0.15, 0.2) is 0 Å². The third-order valence-corrected chi connectivity index (χ3v) is 6.97. The molecule has 2 amide bonds. The number of allylic oxidation sites excluding steroid dienone is 2. The Bertz CT molecular complexity index is 1000. The van der Waals surface area contributed by atoms with Crippen LogP contribution in [0.25, 0.3) is 11.1 Å². The third kappa shape index (κ3) is 5.35. The summed E-state index contributed by atoms with van der Waals surface area (Å²) in [6.45, 7) is 5.99. The zero-order chi connectivity index (χ0) is 23.3. The zero-order valence-electron chi connectivity index (χ0n) is 19.8. The first-order valence-electron chi connectivity index (χ1n) is 12.2. The van der Waals surface area contributed by atoms with Crippen LogP contribution in [-0.2, 0) is 16.0 Å². The van der Waals surface area contributed by atoms with Gasteiger partial charge in [-0.05, 0) is 66.8 Å². The predicted molar refractivity (Wildman–Crippen MR) is 131 cm³/mol. The Labute approximate surface area is 197 Å². The molecule has 1 fully saturated rings. The maximum Gasteiger partial charge on any atom is 0.228 e. The van der Waals surface area contributed by atoms with Crippen LogP contribution in [-0.4, -0.2) is 41.3 Å². The summed E-state index contributed by atoms with van der Waals surface area (Å²) in [6.07, 6.45) is 11.9. The molecule has 2 heterocycles. The van der Waals surface area contributed by atoms with Gasteiger partial charge in [-0.3, -0.25) is 14.6 Å². The number of carbonyl (C=O) groups excluding carboxylic acids is 2.